The van der Waals surface area contributed by atoms with E-state index >= 15 is 0 Å². The SMILES string of the molecule is CC/C=C\C/C=C\C/C=C\C/C=C\C/C=C\CCCCCC(=O)O[C@H](COC(=O)CCCCCCC/C=C\CCCCCCCC)COP(=O)(O)OC[C@@H](O)COP(=O)(O)OC[C@@H](COC(=O)CCCCCCCCCCCCCCC)OC(=O)CCCCCCCCCCCCCCC. The van der Waals surface area contributed by atoms with E-state index in [0.717, 1.165) is 135 Å². The second-order valence-corrected chi connectivity index (χ2v) is 29.9. The molecular formula is C81H146O17P2. The van der Waals surface area contributed by atoms with Gasteiger partial charge in [-0.05, 0) is 96.3 Å². The minimum absolute atomic E-state index is 0.0568. The molecule has 3 N–H and O–H groups in total. The molecule has 100 heavy (non-hydrogen) atoms. The molecule has 2 unspecified atom stereocenters. The van der Waals surface area contributed by atoms with E-state index < -0.39 is 97.5 Å². The minimum Gasteiger partial charge on any atom is -0.462 e. The van der Waals surface area contributed by atoms with E-state index in [0.29, 0.717) is 25.7 Å². The third-order valence-electron chi connectivity index (χ3n) is 17.2. The van der Waals surface area contributed by atoms with Gasteiger partial charge in [0.15, 0.2) is 12.2 Å². The Kier molecular flexibility index (Phi) is 71.2. The predicted octanol–water partition coefficient (Wildman–Crippen LogP) is 23.2. The maximum atomic E-state index is 13.1. The van der Waals surface area contributed by atoms with Crippen LogP contribution >= 0.6 is 15.6 Å². The van der Waals surface area contributed by atoms with Crippen LogP contribution in [-0.2, 0) is 65.4 Å². The molecule has 5 atom stereocenters. The Morgan fingerprint density at radius 3 is 0.820 bits per heavy atom. The van der Waals surface area contributed by atoms with Gasteiger partial charge in [-0.3, -0.25) is 37.3 Å². The Hall–Kier alpha value is -3.50. The summed E-state index contributed by atoms with van der Waals surface area (Å²) in [4.78, 5) is 73.0. The standard InChI is InChI=1S/C81H146O17P2/c1-5-9-13-17-21-25-29-33-35-36-37-38-40-44-48-52-56-60-64-68-81(86)98-77(72-92-79(84)66-62-58-54-50-46-43-39-34-30-26-22-18-14-10-6-2)74-96-100(89,90)94-70-75(82)69-93-99(87,88)95-73-76(97-80(85)67-63-59-55-51-47-42-32-28-24-20-16-12-8-4)71-91-78(83)65-61-57-53-49-45-41-31-27-23-19-15-11-7-3/h9,13,21,25,33-35,37-39,44,48,75-77,82H,5-8,10-12,14-20,22-24,26-32,36,40-43,45-47,49-74H2,1-4H3,(H,87,88)(H,89,90)/b13-9-,25-21-,35-33-,38-37-,39-34-,48-44-/t75-,76+,77+/m0/s1. The first-order valence-electron chi connectivity index (χ1n) is 40.2. The van der Waals surface area contributed by atoms with E-state index in [4.69, 9.17) is 37.0 Å². The number of carbonyl (C=O) groups excluding carboxylic acids is 4. The Balaban J connectivity index is 5.36. The molecule has 17 nitrogen and oxygen atoms in total. The molecule has 19 heteroatoms. The molecule has 0 fully saturated rings. The van der Waals surface area contributed by atoms with Crippen LogP contribution in [0.2, 0.25) is 0 Å². The van der Waals surface area contributed by atoms with Crippen molar-refractivity contribution in [2.24, 2.45) is 0 Å². The third kappa shape index (κ3) is 72.8. The zero-order chi connectivity index (χ0) is 73.2. The molecule has 0 radical (unpaired) electrons. The van der Waals surface area contributed by atoms with Crippen LogP contribution in [-0.4, -0.2) is 96.7 Å². The summed E-state index contributed by atoms with van der Waals surface area (Å²) in [6.45, 7) is 4.77. The average molecular weight is 1450 g/mol. The maximum absolute atomic E-state index is 13.1. The summed E-state index contributed by atoms with van der Waals surface area (Å²) in [7, 11) is -9.95. The lowest BCUT2D eigenvalue weighted by Gasteiger charge is -2.21. The molecule has 0 rings (SSSR count). The lowest BCUT2D eigenvalue weighted by Crippen LogP contribution is -2.30. The molecular weight excluding hydrogens is 1310 g/mol. The molecule has 0 bridgehead atoms. The maximum Gasteiger partial charge on any atom is 0.472 e. The van der Waals surface area contributed by atoms with Crippen molar-refractivity contribution in [3.05, 3.63) is 72.9 Å². The van der Waals surface area contributed by atoms with Crippen LogP contribution in [0.15, 0.2) is 72.9 Å². The van der Waals surface area contributed by atoms with Crippen molar-refractivity contribution in [3.63, 3.8) is 0 Å². The number of rotatable bonds is 76. The number of esters is 4. The van der Waals surface area contributed by atoms with Gasteiger partial charge < -0.3 is 33.8 Å². The van der Waals surface area contributed by atoms with E-state index in [9.17, 15) is 43.2 Å². The summed E-state index contributed by atoms with van der Waals surface area (Å²) in [6, 6.07) is 0. The zero-order valence-corrected chi connectivity index (χ0v) is 65.4. The largest absolute Gasteiger partial charge is 0.472 e. The van der Waals surface area contributed by atoms with Gasteiger partial charge in [-0.1, -0.05) is 312 Å². The summed E-state index contributed by atoms with van der Waals surface area (Å²) < 4.78 is 68.6. The first kappa shape index (κ1) is 96.5. The molecule has 0 aromatic heterocycles. The van der Waals surface area contributed by atoms with E-state index in [1.54, 1.807) is 0 Å². The first-order chi connectivity index (χ1) is 48.7. The highest BCUT2D eigenvalue weighted by Crippen LogP contribution is 2.45. The van der Waals surface area contributed by atoms with E-state index in [1.165, 1.54) is 148 Å². The molecule has 582 valence electrons. The highest BCUT2D eigenvalue weighted by atomic mass is 31.2. The molecule has 0 saturated heterocycles. The van der Waals surface area contributed by atoms with Crippen molar-refractivity contribution < 1.29 is 80.2 Å². The molecule has 0 aliphatic rings. The van der Waals surface area contributed by atoms with E-state index in [-0.39, 0.29) is 25.7 Å². The Morgan fingerprint density at radius 2 is 0.520 bits per heavy atom. The van der Waals surface area contributed by atoms with Crippen LogP contribution in [0.4, 0.5) is 0 Å². The van der Waals surface area contributed by atoms with Gasteiger partial charge in [0, 0.05) is 25.7 Å². The van der Waals surface area contributed by atoms with E-state index in [2.05, 4.69) is 101 Å². The smallest absolute Gasteiger partial charge is 0.462 e. The van der Waals surface area contributed by atoms with Crippen LogP contribution < -0.4 is 0 Å². The number of allylic oxidation sites excluding steroid dienone is 12. The number of aliphatic hydroxyl groups excluding tert-OH is 1. The molecule has 0 saturated carbocycles. The molecule has 0 aliphatic carbocycles. The van der Waals surface area contributed by atoms with Gasteiger partial charge in [-0.25, -0.2) is 9.13 Å². The Bertz CT molecular complexity index is 2180. The molecule has 0 aromatic rings. The van der Waals surface area contributed by atoms with E-state index in [1.807, 2.05) is 0 Å². The van der Waals surface area contributed by atoms with Crippen molar-refractivity contribution in [2.75, 3.05) is 39.6 Å². The van der Waals surface area contributed by atoms with Gasteiger partial charge in [0.2, 0.25) is 0 Å². The average Bonchev–Trinajstić information content (AvgIpc) is 0.934. The summed E-state index contributed by atoms with van der Waals surface area (Å²) in [6.07, 6.45) is 74.5. The summed E-state index contributed by atoms with van der Waals surface area (Å²) in [5.74, 6) is -2.19. The molecule has 0 aliphatic heterocycles. The number of phosphoric acid groups is 2. The van der Waals surface area contributed by atoms with Crippen molar-refractivity contribution in [3.8, 4) is 0 Å². The van der Waals surface area contributed by atoms with Gasteiger partial charge in [-0.15, -0.1) is 0 Å². The number of hydrogen-bond acceptors (Lipinski definition) is 15. The number of ether oxygens (including phenoxy) is 4. The summed E-state index contributed by atoms with van der Waals surface area (Å²) in [5, 5.41) is 10.6. The van der Waals surface area contributed by atoms with Crippen LogP contribution in [0, 0.1) is 0 Å². The van der Waals surface area contributed by atoms with Crippen LogP contribution in [0.5, 0.6) is 0 Å². The van der Waals surface area contributed by atoms with Gasteiger partial charge in [0.25, 0.3) is 0 Å². The minimum atomic E-state index is -4.98. The number of carbonyl (C=O) groups is 4. The molecule has 0 amide bonds. The lowest BCUT2D eigenvalue weighted by molar-refractivity contribution is -0.161. The van der Waals surface area contributed by atoms with Gasteiger partial charge >= 0.3 is 39.5 Å². The van der Waals surface area contributed by atoms with Crippen LogP contribution in [0.3, 0.4) is 0 Å². The van der Waals surface area contributed by atoms with Crippen LogP contribution in [0.25, 0.3) is 0 Å². The normalized spacial score (nSPS) is 14.3. The molecule has 0 aromatic carbocycles. The van der Waals surface area contributed by atoms with Crippen molar-refractivity contribution >= 4 is 39.5 Å². The lowest BCUT2D eigenvalue weighted by atomic mass is 10.0. The van der Waals surface area contributed by atoms with Gasteiger partial charge in [0.1, 0.15) is 19.3 Å². The summed E-state index contributed by atoms with van der Waals surface area (Å²) in [5.41, 5.74) is 0. The zero-order valence-electron chi connectivity index (χ0n) is 63.6. The number of aliphatic hydroxyl groups is 1. The van der Waals surface area contributed by atoms with Gasteiger partial charge in [0.05, 0.1) is 26.4 Å². The second-order valence-electron chi connectivity index (χ2n) is 27.0. The predicted molar refractivity (Wildman–Crippen MR) is 409 cm³/mol. The Morgan fingerprint density at radius 1 is 0.290 bits per heavy atom. The monoisotopic (exact) mass is 1450 g/mol. The highest BCUT2D eigenvalue weighted by molar-refractivity contribution is 7.47. The number of phosphoric ester groups is 2. The third-order valence-corrected chi connectivity index (χ3v) is 19.1. The highest BCUT2D eigenvalue weighted by Gasteiger charge is 2.30. The fourth-order valence-corrected chi connectivity index (χ4v) is 12.6. The topological polar surface area (TPSA) is 237 Å². The fourth-order valence-electron chi connectivity index (χ4n) is 11.1. The quantitative estimate of drug-likeness (QED) is 0.0169. The van der Waals surface area contributed by atoms with Crippen molar-refractivity contribution in [1.29, 1.82) is 0 Å². The van der Waals surface area contributed by atoms with Crippen molar-refractivity contribution in [2.45, 2.75) is 380 Å². The first-order valence-corrected chi connectivity index (χ1v) is 43.2. The molecule has 0 heterocycles. The summed E-state index contributed by atoms with van der Waals surface area (Å²) >= 11 is 0. The Labute approximate surface area is 609 Å². The van der Waals surface area contributed by atoms with Gasteiger partial charge in [-0.2, -0.15) is 0 Å². The number of unbranched alkanes of at least 4 members (excludes halogenated alkanes) is 38. The fraction of sp³-hybridized carbons (Fsp3) is 0.802. The van der Waals surface area contributed by atoms with Crippen LogP contribution in [0.1, 0.15) is 362 Å². The number of hydrogen-bond donors (Lipinski definition) is 3. The van der Waals surface area contributed by atoms with Crippen molar-refractivity contribution in [1.82, 2.24) is 0 Å². The second kappa shape index (κ2) is 73.8. The molecule has 0 spiro atoms.